The molecule has 0 aliphatic carbocycles. The second-order valence-corrected chi connectivity index (χ2v) is 5.91. The fourth-order valence-electron chi connectivity index (χ4n) is 2.46. The zero-order valence-electron chi connectivity index (χ0n) is 12.0. The van der Waals surface area contributed by atoms with Crippen LogP contribution in [0.25, 0.3) is 0 Å². The third-order valence-electron chi connectivity index (χ3n) is 3.74. The zero-order valence-corrected chi connectivity index (χ0v) is 13.6. The monoisotopic (exact) mass is 341 g/mol. The van der Waals surface area contributed by atoms with Crippen LogP contribution in [0.1, 0.15) is 25.5 Å². The Morgan fingerprint density at radius 2 is 2.10 bits per heavy atom. The molecular weight excluding hydrogens is 322 g/mol. The summed E-state index contributed by atoms with van der Waals surface area (Å²) in [4.78, 5) is 14.2. The van der Waals surface area contributed by atoms with Gasteiger partial charge in [-0.3, -0.25) is 4.79 Å². The van der Waals surface area contributed by atoms with E-state index in [2.05, 4.69) is 15.9 Å². The molecule has 1 heterocycles. The molecule has 0 unspecified atom stereocenters. The highest BCUT2D eigenvalue weighted by molar-refractivity contribution is 9.10. The number of benzene rings is 1. The summed E-state index contributed by atoms with van der Waals surface area (Å²) in [6.07, 6.45) is -0.508. The summed E-state index contributed by atoms with van der Waals surface area (Å²) in [6.45, 7) is 4.96. The number of methoxy groups -OCH3 is 1. The van der Waals surface area contributed by atoms with Crippen molar-refractivity contribution >= 4 is 21.8 Å². The van der Waals surface area contributed by atoms with Gasteiger partial charge < -0.3 is 14.4 Å². The van der Waals surface area contributed by atoms with Crippen molar-refractivity contribution in [2.45, 2.75) is 32.1 Å². The molecule has 1 aromatic rings. The Morgan fingerprint density at radius 3 is 2.70 bits per heavy atom. The molecule has 20 heavy (non-hydrogen) atoms. The summed E-state index contributed by atoms with van der Waals surface area (Å²) < 4.78 is 12.0. The quantitative estimate of drug-likeness (QED) is 0.848. The predicted molar refractivity (Wildman–Crippen MR) is 80.5 cm³/mol. The molecule has 0 bridgehead atoms. The van der Waals surface area contributed by atoms with Crippen molar-refractivity contribution in [2.75, 3.05) is 20.3 Å². The Kier molecular flexibility index (Phi) is 5.18. The average Bonchev–Trinajstić information content (AvgIpc) is 2.47. The predicted octanol–water partition coefficient (Wildman–Crippen LogP) is 2.77. The van der Waals surface area contributed by atoms with E-state index in [9.17, 15) is 4.79 Å². The van der Waals surface area contributed by atoms with Gasteiger partial charge in [0.25, 0.3) is 5.91 Å². The van der Waals surface area contributed by atoms with Gasteiger partial charge in [0.2, 0.25) is 0 Å². The van der Waals surface area contributed by atoms with Crippen LogP contribution in [0.4, 0.5) is 0 Å². The third-order valence-corrected chi connectivity index (χ3v) is 4.27. The number of halogens is 1. The van der Waals surface area contributed by atoms with E-state index in [0.29, 0.717) is 13.2 Å². The standard InChI is InChI=1S/C15H20BrNO3/c1-10-14(12-4-6-13(16)7-5-12)20-9-8-17(10)15(18)11(2)19-3/h4-7,10-11,14H,8-9H2,1-3H3/t10-,11+,14-/m0/s1. The maximum absolute atomic E-state index is 12.3. The molecule has 1 saturated heterocycles. The molecule has 1 aliphatic rings. The van der Waals surface area contributed by atoms with Crippen molar-refractivity contribution in [3.63, 3.8) is 0 Å². The molecule has 0 radical (unpaired) electrons. The molecule has 1 amide bonds. The molecule has 1 fully saturated rings. The van der Waals surface area contributed by atoms with E-state index in [1.807, 2.05) is 36.1 Å². The Balaban J connectivity index is 2.16. The Hall–Kier alpha value is -0.910. The number of ether oxygens (including phenoxy) is 2. The molecule has 4 nitrogen and oxygen atoms in total. The number of hydrogen-bond donors (Lipinski definition) is 0. The van der Waals surface area contributed by atoms with Gasteiger partial charge in [-0.2, -0.15) is 0 Å². The lowest BCUT2D eigenvalue weighted by molar-refractivity contribution is -0.155. The number of nitrogens with zero attached hydrogens (tertiary/aromatic N) is 1. The van der Waals surface area contributed by atoms with Gasteiger partial charge in [0.15, 0.2) is 0 Å². The van der Waals surface area contributed by atoms with Gasteiger partial charge in [0, 0.05) is 18.1 Å². The van der Waals surface area contributed by atoms with Gasteiger partial charge in [-0.05, 0) is 31.5 Å². The number of carbonyl (C=O) groups is 1. The molecule has 1 aromatic carbocycles. The maximum atomic E-state index is 12.3. The van der Waals surface area contributed by atoms with Crippen LogP contribution >= 0.6 is 15.9 Å². The first-order chi connectivity index (χ1) is 9.54. The van der Waals surface area contributed by atoms with Crippen molar-refractivity contribution in [1.29, 1.82) is 0 Å². The molecule has 0 spiro atoms. The second-order valence-electron chi connectivity index (χ2n) is 4.99. The minimum absolute atomic E-state index is 0.00461. The number of amides is 1. The van der Waals surface area contributed by atoms with Crippen LogP contribution in [-0.2, 0) is 14.3 Å². The van der Waals surface area contributed by atoms with E-state index in [0.717, 1.165) is 10.0 Å². The lowest BCUT2D eigenvalue weighted by Crippen LogP contribution is -2.51. The highest BCUT2D eigenvalue weighted by Crippen LogP contribution is 2.29. The van der Waals surface area contributed by atoms with Gasteiger partial charge >= 0.3 is 0 Å². The van der Waals surface area contributed by atoms with Crippen LogP contribution in [0.15, 0.2) is 28.7 Å². The van der Waals surface area contributed by atoms with E-state index in [-0.39, 0.29) is 18.1 Å². The molecule has 3 atom stereocenters. The minimum Gasteiger partial charge on any atom is -0.372 e. The average molecular weight is 342 g/mol. The summed E-state index contributed by atoms with van der Waals surface area (Å²) in [5.41, 5.74) is 1.09. The molecule has 110 valence electrons. The lowest BCUT2D eigenvalue weighted by atomic mass is 10.00. The normalized spacial score (nSPS) is 24.5. The Morgan fingerprint density at radius 1 is 1.45 bits per heavy atom. The first-order valence-electron chi connectivity index (χ1n) is 6.75. The Labute approximate surface area is 128 Å². The first kappa shape index (κ1) is 15.5. The van der Waals surface area contributed by atoms with Crippen molar-refractivity contribution in [1.82, 2.24) is 4.90 Å². The molecule has 0 aromatic heterocycles. The highest BCUT2D eigenvalue weighted by Gasteiger charge is 2.34. The van der Waals surface area contributed by atoms with E-state index < -0.39 is 6.10 Å². The number of carbonyl (C=O) groups excluding carboxylic acids is 1. The van der Waals surface area contributed by atoms with E-state index in [4.69, 9.17) is 9.47 Å². The van der Waals surface area contributed by atoms with Gasteiger partial charge in [0.05, 0.1) is 12.6 Å². The molecular formula is C15H20BrNO3. The fraction of sp³-hybridized carbons (Fsp3) is 0.533. The van der Waals surface area contributed by atoms with Crippen molar-refractivity contribution in [3.8, 4) is 0 Å². The zero-order chi connectivity index (χ0) is 14.7. The molecule has 0 saturated carbocycles. The number of morpholine rings is 1. The van der Waals surface area contributed by atoms with Crippen LogP contribution in [0, 0.1) is 0 Å². The van der Waals surface area contributed by atoms with Gasteiger partial charge in [-0.15, -0.1) is 0 Å². The Bertz CT molecular complexity index is 463. The van der Waals surface area contributed by atoms with Crippen molar-refractivity contribution in [2.24, 2.45) is 0 Å². The first-order valence-corrected chi connectivity index (χ1v) is 7.54. The topological polar surface area (TPSA) is 38.8 Å². The van der Waals surface area contributed by atoms with Crippen LogP contribution in [0.5, 0.6) is 0 Å². The lowest BCUT2D eigenvalue weighted by Gasteiger charge is -2.40. The molecule has 0 N–H and O–H groups in total. The van der Waals surface area contributed by atoms with E-state index >= 15 is 0 Å². The van der Waals surface area contributed by atoms with Gasteiger partial charge in [0.1, 0.15) is 12.2 Å². The molecule has 2 rings (SSSR count). The summed E-state index contributed by atoms with van der Waals surface area (Å²) >= 11 is 3.43. The minimum atomic E-state index is -0.416. The second kappa shape index (κ2) is 6.70. The summed E-state index contributed by atoms with van der Waals surface area (Å²) in [5.74, 6) is 0.0189. The van der Waals surface area contributed by atoms with Crippen molar-refractivity contribution in [3.05, 3.63) is 34.3 Å². The molecule has 1 aliphatic heterocycles. The number of hydrogen-bond acceptors (Lipinski definition) is 3. The molecule has 5 heteroatoms. The van der Waals surface area contributed by atoms with Crippen LogP contribution in [0.3, 0.4) is 0 Å². The van der Waals surface area contributed by atoms with Crippen LogP contribution in [0.2, 0.25) is 0 Å². The van der Waals surface area contributed by atoms with Crippen LogP contribution < -0.4 is 0 Å². The van der Waals surface area contributed by atoms with E-state index in [1.165, 1.54) is 0 Å². The maximum Gasteiger partial charge on any atom is 0.251 e. The van der Waals surface area contributed by atoms with Crippen LogP contribution in [-0.4, -0.2) is 43.2 Å². The summed E-state index contributed by atoms with van der Waals surface area (Å²) in [7, 11) is 1.56. The highest BCUT2D eigenvalue weighted by atomic mass is 79.9. The largest absolute Gasteiger partial charge is 0.372 e. The SMILES string of the molecule is CO[C@H](C)C(=O)N1CCO[C@H](c2ccc(Br)cc2)[C@@H]1C. The van der Waals surface area contributed by atoms with Gasteiger partial charge in [-0.25, -0.2) is 0 Å². The summed E-state index contributed by atoms with van der Waals surface area (Å²) in [6, 6.07) is 8.03. The number of rotatable bonds is 3. The smallest absolute Gasteiger partial charge is 0.251 e. The summed E-state index contributed by atoms with van der Waals surface area (Å²) in [5, 5.41) is 0. The van der Waals surface area contributed by atoms with Crippen molar-refractivity contribution < 1.29 is 14.3 Å². The van der Waals surface area contributed by atoms with E-state index in [1.54, 1.807) is 14.0 Å². The fourth-order valence-corrected chi connectivity index (χ4v) is 2.72. The third kappa shape index (κ3) is 3.22. The van der Waals surface area contributed by atoms with Gasteiger partial charge in [-0.1, -0.05) is 28.1 Å².